The molecule has 0 radical (unpaired) electrons. The Labute approximate surface area is 279 Å². The summed E-state index contributed by atoms with van der Waals surface area (Å²) in [4.78, 5) is 35.5. The fraction of sp³-hybridized carbons (Fsp3) is 0.438. The SMILES string of the molecule is CC[C@]1(N)C[C@H](c2ncc(N(C)C)c(Cc3cc(C(F)(F)F)cc(C(F)(F)F)c3)n2)c2cc(C(F)(F)F)ccc2N1C(=O)OCCCC(=O)O. The zero-order valence-corrected chi connectivity index (χ0v) is 26.8. The van der Waals surface area contributed by atoms with E-state index in [1.807, 2.05) is 0 Å². The first-order valence-corrected chi connectivity index (χ1v) is 15.1. The highest BCUT2D eigenvalue weighted by Gasteiger charge is 2.47. The number of hydrogen-bond donors (Lipinski definition) is 2. The summed E-state index contributed by atoms with van der Waals surface area (Å²) in [6.45, 7) is 1.27. The Morgan fingerprint density at radius 1 is 0.980 bits per heavy atom. The number of ether oxygens (including phenoxy) is 1. The van der Waals surface area contributed by atoms with Crippen molar-refractivity contribution in [2.75, 3.05) is 30.5 Å². The molecule has 272 valence electrons. The molecule has 9 nitrogen and oxygen atoms in total. The molecule has 1 aromatic heterocycles. The van der Waals surface area contributed by atoms with Gasteiger partial charge in [-0.15, -0.1) is 0 Å². The number of aromatic nitrogens is 2. The van der Waals surface area contributed by atoms with Crippen LogP contribution in [-0.4, -0.2) is 53.5 Å². The van der Waals surface area contributed by atoms with E-state index in [-0.39, 0.29) is 72.4 Å². The van der Waals surface area contributed by atoms with Gasteiger partial charge >= 0.3 is 30.6 Å². The van der Waals surface area contributed by atoms with E-state index in [2.05, 4.69) is 9.97 Å². The van der Waals surface area contributed by atoms with Crippen LogP contribution in [0, 0.1) is 0 Å². The Kier molecular flexibility index (Phi) is 10.7. The molecule has 18 heteroatoms. The number of hydrogen-bond acceptors (Lipinski definition) is 7. The molecule has 4 rings (SSSR count). The van der Waals surface area contributed by atoms with Gasteiger partial charge in [0, 0.05) is 32.9 Å². The molecular formula is C32H32F9N5O4. The van der Waals surface area contributed by atoms with Crippen LogP contribution < -0.4 is 15.5 Å². The molecule has 0 saturated carbocycles. The van der Waals surface area contributed by atoms with Gasteiger partial charge in [-0.2, -0.15) is 39.5 Å². The number of nitrogens with two attached hydrogens (primary N) is 1. The molecule has 50 heavy (non-hydrogen) atoms. The summed E-state index contributed by atoms with van der Waals surface area (Å²) in [6, 6.07) is 3.65. The Morgan fingerprint density at radius 2 is 1.58 bits per heavy atom. The fourth-order valence-corrected chi connectivity index (χ4v) is 5.68. The number of aliphatic carboxylic acids is 1. The fourth-order valence-electron chi connectivity index (χ4n) is 5.68. The summed E-state index contributed by atoms with van der Waals surface area (Å²) >= 11 is 0. The van der Waals surface area contributed by atoms with Gasteiger partial charge in [-0.25, -0.2) is 14.8 Å². The van der Waals surface area contributed by atoms with Crippen LogP contribution in [0.1, 0.15) is 77.9 Å². The molecule has 0 saturated heterocycles. The van der Waals surface area contributed by atoms with Gasteiger partial charge in [0.05, 0.1) is 46.6 Å². The lowest BCUT2D eigenvalue weighted by Gasteiger charge is -2.46. The zero-order valence-electron chi connectivity index (χ0n) is 26.8. The third-order valence-corrected chi connectivity index (χ3v) is 8.21. The number of alkyl halides is 9. The molecular weight excluding hydrogens is 689 g/mol. The maximum atomic E-state index is 13.9. The van der Waals surface area contributed by atoms with E-state index in [4.69, 9.17) is 15.6 Å². The van der Waals surface area contributed by atoms with Gasteiger partial charge < -0.3 is 20.5 Å². The van der Waals surface area contributed by atoms with E-state index in [1.54, 1.807) is 6.92 Å². The Bertz CT molecular complexity index is 1710. The quantitative estimate of drug-likeness (QED) is 0.171. The summed E-state index contributed by atoms with van der Waals surface area (Å²) < 4.78 is 129. The van der Waals surface area contributed by atoms with Gasteiger partial charge in [-0.05, 0) is 66.8 Å². The van der Waals surface area contributed by atoms with E-state index in [9.17, 15) is 49.1 Å². The maximum absolute atomic E-state index is 13.9. The van der Waals surface area contributed by atoms with Gasteiger partial charge in [0.15, 0.2) is 0 Å². The van der Waals surface area contributed by atoms with Gasteiger partial charge in [0.1, 0.15) is 11.5 Å². The predicted molar refractivity (Wildman–Crippen MR) is 161 cm³/mol. The summed E-state index contributed by atoms with van der Waals surface area (Å²) in [6.07, 6.45) is -16.0. The van der Waals surface area contributed by atoms with Crippen LogP contribution in [0.4, 0.5) is 55.7 Å². The lowest BCUT2D eigenvalue weighted by molar-refractivity contribution is -0.143. The lowest BCUT2D eigenvalue weighted by atomic mass is 9.80. The minimum absolute atomic E-state index is 0.00649. The van der Waals surface area contributed by atoms with Crippen LogP contribution >= 0.6 is 0 Å². The minimum atomic E-state index is -5.10. The highest BCUT2D eigenvalue weighted by atomic mass is 19.4. The second-order valence-corrected chi connectivity index (χ2v) is 12.0. The van der Waals surface area contributed by atoms with Crippen LogP contribution in [0.5, 0.6) is 0 Å². The van der Waals surface area contributed by atoms with Gasteiger partial charge in [0.25, 0.3) is 0 Å². The minimum Gasteiger partial charge on any atom is -0.481 e. The third kappa shape index (κ3) is 8.39. The van der Waals surface area contributed by atoms with Crippen molar-refractivity contribution in [3.8, 4) is 0 Å². The van der Waals surface area contributed by atoms with E-state index < -0.39 is 65.3 Å². The number of benzene rings is 2. The van der Waals surface area contributed by atoms with Crippen molar-refractivity contribution in [1.29, 1.82) is 0 Å². The predicted octanol–water partition coefficient (Wildman–Crippen LogP) is 7.60. The second-order valence-electron chi connectivity index (χ2n) is 12.0. The number of anilines is 2. The molecule has 0 aliphatic carbocycles. The first kappa shape index (κ1) is 38.2. The number of carboxylic acid groups (broad SMARTS) is 1. The zero-order chi connectivity index (χ0) is 37.4. The Balaban J connectivity index is 1.86. The van der Waals surface area contributed by atoms with Crippen molar-refractivity contribution in [1.82, 2.24) is 9.97 Å². The average Bonchev–Trinajstić information content (AvgIpc) is 3.00. The Hall–Kier alpha value is -4.61. The van der Waals surface area contributed by atoms with Crippen molar-refractivity contribution in [2.45, 2.75) is 69.1 Å². The van der Waals surface area contributed by atoms with Gasteiger partial charge in [0.2, 0.25) is 0 Å². The monoisotopic (exact) mass is 721 g/mol. The largest absolute Gasteiger partial charge is 0.481 e. The van der Waals surface area contributed by atoms with E-state index >= 15 is 0 Å². The molecule has 3 N–H and O–H groups in total. The summed E-state index contributed by atoms with van der Waals surface area (Å²) in [5.74, 6) is -2.43. The number of amides is 1. The number of rotatable bonds is 9. The van der Waals surface area contributed by atoms with Crippen LogP contribution in [0.3, 0.4) is 0 Å². The highest BCUT2D eigenvalue weighted by Crippen LogP contribution is 2.47. The Morgan fingerprint density at radius 3 is 2.10 bits per heavy atom. The molecule has 2 heterocycles. The van der Waals surface area contributed by atoms with Crippen LogP contribution in [-0.2, 0) is 34.5 Å². The third-order valence-electron chi connectivity index (χ3n) is 8.21. The molecule has 2 aromatic carbocycles. The van der Waals surface area contributed by atoms with E-state index in [0.29, 0.717) is 12.1 Å². The number of carboxylic acids is 1. The standard InChI is InChI=1S/C32H32F9N5O4/c1-4-29(42)15-22(21-14-18(30(33,34)35)7-8-24(21)46(29)28(49)50-9-5-6-26(47)48)27-43-16-25(45(2)3)23(44-27)12-17-10-19(31(36,37)38)13-20(11-17)32(39,40)41/h7-8,10-11,13-14,16,22H,4-6,9,12,15,42H2,1-3H3,(H,47,48)/t22-,29+/m0/s1. The summed E-state index contributed by atoms with van der Waals surface area (Å²) in [7, 11) is 3.06. The van der Waals surface area contributed by atoms with Gasteiger partial charge in [-0.3, -0.25) is 9.69 Å². The van der Waals surface area contributed by atoms with Crippen LogP contribution in [0.25, 0.3) is 0 Å². The maximum Gasteiger partial charge on any atom is 0.416 e. The van der Waals surface area contributed by atoms with Crippen molar-refractivity contribution in [3.05, 3.63) is 81.9 Å². The van der Waals surface area contributed by atoms with Crippen molar-refractivity contribution >= 4 is 23.4 Å². The topological polar surface area (TPSA) is 122 Å². The average molecular weight is 722 g/mol. The first-order chi connectivity index (χ1) is 23.0. The summed E-state index contributed by atoms with van der Waals surface area (Å²) in [5, 5.41) is 8.88. The summed E-state index contributed by atoms with van der Waals surface area (Å²) in [5.41, 5.74) is 0.544. The normalized spacial score (nSPS) is 18.1. The second kappa shape index (κ2) is 14.0. The smallest absolute Gasteiger partial charge is 0.416 e. The number of nitrogens with zero attached hydrogens (tertiary/aromatic N) is 4. The van der Waals surface area contributed by atoms with E-state index in [1.165, 1.54) is 25.2 Å². The number of carbonyl (C=O) groups is 2. The molecule has 1 aliphatic rings. The number of halogens is 9. The molecule has 1 amide bonds. The number of fused-ring (bicyclic) bond motifs is 1. The number of carbonyl (C=O) groups excluding carboxylic acids is 1. The first-order valence-electron chi connectivity index (χ1n) is 15.1. The van der Waals surface area contributed by atoms with Crippen molar-refractivity contribution < 1.29 is 58.9 Å². The molecule has 1 aliphatic heterocycles. The lowest BCUT2D eigenvalue weighted by Crippen LogP contribution is -2.61. The van der Waals surface area contributed by atoms with Gasteiger partial charge in [-0.1, -0.05) is 6.92 Å². The molecule has 2 atom stereocenters. The van der Waals surface area contributed by atoms with Crippen LogP contribution in [0.2, 0.25) is 0 Å². The molecule has 0 bridgehead atoms. The highest BCUT2D eigenvalue weighted by molar-refractivity contribution is 5.91. The van der Waals surface area contributed by atoms with E-state index in [0.717, 1.165) is 23.1 Å². The molecule has 3 aromatic rings. The van der Waals surface area contributed by atoms with Crippen molar-refractivity contribution in [3.63, 3.8) is 0 Å². The van der Waals surface area contributed by atoms with Crippen LogP contribution in [0.15, 0.2) is 42.6 Å². The molecule has 0 unspecified atom stereocenters. The van der Waals surface area contributed by atoms with Crippen molar-refractivity contribution in [2.24, 2.45) is 5.73 Å². The molecule has 0 spiro atoms. The molecule has 0 fully saturated rings.